The molecular formula is C17H28N2O3. The number of aliphatic hydroxyl groups excluding tert-OH is 1. The average Bonchev–Trinajstić information content (AvgIpc) is 2.52. The van der Waals surface area contributed by atoms with Crippen molar-refractivity contribution in [2.45, 2.75) is 45.8 Å². The summed E-state index contributed by atoms with van der Waals surface area (Å²) in [5.74, 6) is 0.951. The summed E-state index contributed by atoms with van der Waals surface area (Å²) in [6.07, 6.45) is 5.06. The highest BCUT2D eigenvalue weighted by Crippen LogP contribution is 2.25. The molecule has 1 aromatic rings. The normalized spacial score (nSPS) is 16.9. The van der Waals surface area contributed by atoms with Gasteiger partial charge >= 0.3 is 0 Å². The fourth-order valence-corrected chi connectivity index (χ4v) is 2.99. The third-order valence-corrected chi connectivity index (χ3v) is 4.31. The smallest absolute Gasteiger partial charge is 0.128 e. The molecule has 2 heterocycles. The van der Waals surface area contributed by atoms with Gasteiger partial charge in [-0.1, -0.05) is 0 Å². The molecule has 0 amide bonds. The number of aliphatic hydroxyl groups is 1. The molecule has 0 spiro atoms. The number of hydrogen-bond acceptors (Lipinski definition) is 5. The van der Waals surface area contributed by atoms with Crippen LogP contribution < -0.4 is 4.74 Å². The minimum Gasteiger partial charge on any atom is -0.496 e. The molecule has 0 radical (unpaired) electrons. The monoisotopic (exact) mass is 308 g/mol. The van der Waals surface area contributed by atoms with Crippen LogP contribution in [0.3, 0.4) is 0 Å². The van der Waals surface area contributed by atoms with Crippen LogP contribution in [-0.4, -0.2) is 54.5 Å². The molecule has 0 unspecified atom stereocenters. The lowest BCUT2D eigenvalue weighted by molar-refractivity contribution is 0.000534. The number of rotatable bonds is 7. The molecular weight excluding hydrogens is 280 g/mol. The van der Waals surface area contributed by atoms with Crippen LogP contribution in [0.4, 0.5) is 0 Å². The molecule has 0 bridgehead atoms. The summed E-state index contributed by atoms with van der Waals surface area (Å²) in [5, 5.41) is 8.78. The van der Waals surface area contributed by atoms with Crippen molar-refractivity contribution in [2.75, 3.05) is 33.4 Å². The zero-order valence-corrected chi connectivity index (χ0v) is 14.0. The predicted octanol–water partition coefficient (Wildman–Crippen LogP) is 2.07. The third kappa shape index (κ3) is 4.41. The van der Waals surface area contributed by atoms with Crippen LogP contribution in [0.15, 0.2) is 6.20 Å². The second-order valence-corrected chi connectivity index (χ2v) is 5.97. The number of piperidine rings is 1. The lowest BCUT2D eigenvalue weighted by Gasteiger charge is -2.32. The van der Waals surface area contributed by atoms with Crippen LogP contribution in [0.1, 0.15) is 36.1 Å². The summed E-state index contributed by atoms with van der Waals surface area (Å²) in [6.45, 7) is 7.90. The minimum absolute atomic E-state index is 0.207. The molecule has 1 N–H and O–H groups in total. The van der Waals surface area contributed by atoms with E-state index in [4.69, 9.17) is 14.6 Å². The van der Waals surface area contributed by atoms with E-state index in [1.54, 1.807) is 7.11 Å². The molecule has 1 aliphatic rings. The lowest BCUT2D eigenvalue weighted by atomic mass is 10.1. The Kier molecular flexibility index (Phi) is 6.61. The first-order valence-electron chi connectivity index (χ1n) is 8.09. The summed E-state index contributed by atoms with van der Waals surface area (Å²) in [4.78, 5) is 7.01. The molecule has 124 valence electrons. The van der Waals surface area contributed by atoms with Gasteiger partial charge in [0.25, 0.3) is 0 Å². The van der Waals surface area contributed by atoms with Gasteiger partial charge in [0.1, 0.15) is 5.75 Å². The summed E-state index contributed by atoms with van der Waals surface area (Å²) in [5.41, 5.74) is 3.32. The number of likely N-dealkylation sites (tertiary alicyclic amines) is 1. The maximum atomic E-state index is 8.78. The van der Waals surface area contributed by atoms with Crippen molar-refractivity contribution in [3.63, 3.8) is 0 Å². The molecule has 1 aromatic heterocycles. The quantitative estimate of drug-likeness (QED) is 0.782. The number of pyridine rings is 1. The Labute approximate surface area is 133 Å². The molecule has 1 saturated heterocycles. The first-order chi connectivity index (χ1) is 10.7. The summed E-state index contributed by atoms with van der Waals surface area (Å²) < 4.78 is 11.3. The van der Waals surface area contributed by atoms with Crippen molar-refractivity contribution in [1.82, 2.24) is 9.88 Å². The molecule has 1 fully saturated rings. The third-order valence-electron chi connectivity index (χ3n) is 4.31. The summed E-state index contributed by atoms with van der Waals surface area (Å²) in [6, 6.07) is 0. The van der Waals surface area contributed by atoms with E-state index in [1.807, 2.05) is 13.1 Å². The Bertz CT molecular complexity index is 471. The van der Waals surface area contributed by atoms with E-state index < -0.39 is 0 Å². The number of hydrogen-bond donors (Lipinski definition) is 1. The molecule has 0 saturated carbocycles. The first-order valence-corrected chi connectivity index (χ1v) is 8.09. The number of nitrogens with zero attached hydrogens (tertiary/aromatic N) is 2. The van der Waals surface area contributed by atoms with Gasteiger partial charge in [-0.05, 0) is 33.1 Å². The topological polar surface area (TPSA) is 54.8 Å². The maximum absolute atomic E-state index is 8.78. The summed E-state index contributed by atoms with van der Waals surface area (Å²) >= 11 is 0. The Morgan fingerprint density at radius 3 is 2.68 bits per heavy atom. The molecule has 0 aromatic carbocycles. The first kappa shape index (κ1) is 17.2. The van der Waals surface area contributed by atoms with E-state index in [0.717, 1.165) is 61.5 Å². The molecule has 22 heavy (non-hydrogen) atoms. The second kappa shape index (κ2) is 8.46. The van der Waals surface area contributed by atoms with Gasteiger partial charge in [-0.25, -0.2) is 0 Å². The zero-order valence-electron chi connectivity index (χ0n) is 14.0. The number of ether oxygens (including phenoxy) is 2. The van der Waals surface area contributed by atoms with Gasteiger partial charge in [0.15, 0.2) is 0 Å². The molecule has 5 nitrogen and oxygen atoms in total. The number of aryl methyl sites for hydroxylation is 1. The Balaban J connectivity index is 1.86. The van der Waals surface area contributed by atoms with Crippen molar-refractivity contribution in [3.8, 4) is 5.75 Å². The van der Waals surface area contributed by atoms with Crippen molar-refractivity contribution in [3.05, 3.63) is 23.0 Å². The van der Waals surface area contributed by atoms with E-state index >= 15 is 0 Å². The second-order valence-electron chi connectivity index (χ2n) is 5.97. The lowest BCUT2D eigenvalue weighted by Crippen LogP contribution is -2.37. The van der Waals surface area contributed by atoms with Gasteiger partial charge in [0.05, 0.1) is 18.9 Å². The molecule has 0 atom stereocenters. The Morgan fingerprint density at radius 1 is 1.32 bits per heavy atom. The van der Waals surface area contributed by atoms with Gasteiger partial charge < -0.3 is 14.6 Å². The van der Waals surface area contributed by atoms with Crippen molar-refractivity contribution in [1.29, 1.82) is 0 Å². The fraction of sp³-hybridized carbons (Fsp3) is 0.706. The van der Waals surface area contributed by atoms with Crippen LogP contribution in [0.5, 0.6) is 5.75 Å². The van der Waals surface area contributed by atoms with E-state index in [1.165, 1.54) is 0 Å². The van der Waals surface area contributed by atoms with E-state index in [0.29, 0.717) is 12.7 Å². The van der Waals surface area contributed by atoms with Gasteiger partial charge in [-0.15, -0.1) is 0 Å². The van der Waals surface area contributed by atoms with Crippen LogP contribution >= 0.6 is 0 Å². The van der Waals surface area contributed by atoms with Crippen LogP contribution in [-0.2, 0) is 11.3 Å². The van der Waals surface area contributed by atoms with Crippen LogP contribution in [0.2, 0.25) is 0 Å². The summed E-state index contributed by atoms with van der Waals surface area (Å²) in [7, 11) is 1.72. The average molecular weight is 308 g/mol. The SMILES string of the molecule is COc1c(C)cnc(CN2CCC(OCCCO)CC2)c1C. The predicted molar refractivity (Wildman–Crippen MR) is 86.2 cm³/mol. The number of aromatic nitrogens is 1. The van der Waals surface area contributed by atoms with Crippen LogP contribution in [0.25, 0.3) is 0 Å². The van der Waals surface area contributed by atoms with E-state index in [-0.39, 0.29) is 6.61 Å². The Morgan fingerprint density at radius 2 is 2.05 bits per heavy atom. The standard InChI is InChI=1S/C17H28N2O3/c1-13-11-18-16(14(2)17(13)21-3)12-19-7-5-15(6-8-19)22-10-4-9-20/h11,15,20H,4-10,12H2,1-3H3. The maximum Gasteiger partial charge on any atom is 0.128 e. The van der Waals surface area contributed by atoms with E-state index in [9.17, 15) is 0 Å². The highest BCUT2D eigenvalue weighted by atomic mass is 16.5. The molecule has 5 heteroatoms. The van der Waals surface area contributed by atoms with E-state index in [2.05, 4.69) is 16.8 Å². The fourth-order valence-electron chi connectivity index (χ4n) is 2.99. The minimum atomic E-state index is 0.207. The van der Waals surface area contributed by atoms with Crippen LogP contribution in [0, 0.1) is 13.8 Å². The highest BCUT2D eigenvalue weighted by molar-refractivity contribution is 5.41. The highest BCUT2D eigenvalue weighted by Gasteiger charge is 2.21. The largest absolute Gasteiger partial charge is 0.496 e. The van der Waals surface area contributed by atoms with Gasteiger partial charge in [-0.2, -0.15) is 0 Å². The van der Waals surface area contributed by atoms with Crippen molar-refractivity contribution >= 4 is 0 Å². The Hall–Kier alpha value is -1.17. The van der Waals surface area contributed by atoms with Crippen molar-refractivity contribution in [2.24, 2.45) is 0 Å². The van der Waals surface area contributed by atoms with Crippen molar-refractivity contribution < 1.29 is 14.6 Å². The van der Waals surface area contributed by atoms with Gasteiger partial charge in [-0.3, -0.25) is 9.88 Å². The molecule has 0 aliphatic carbocycles. The molecule has 1 aliphatic heterocycles. The van der Waals surface area contributed by atoms with Gasteiger partial charge in [0.2, 0.25) is 0 Å². The van der Waals surface area contributed by atoms with Gasteiger partial charge in [0, 0.05) is 50.2 Å². The number of methoxy groups -OCH3 is 1. The molecule has 2 rings (SSSR count). The zero-order chi connectivity index (χ0) is 15.9.